The first-order valence-corrected chi connectivity index (χ1v) is 7.50. The molecule has 0 aliphatic carbocycles. The summed E-state index contributed by atoms with van der Waals surface area (Å²) >= 11 is 0. The van der Waals surface area contributed by atoms with Gasteiger partial charge in [-0.15, -0.1) is 10.2 Å². The lowest BCUT2D eigenvalue weighted by Crippen LogP contribution is -2.47. The summed E-state index contributed by atoms with van der Waals surface area (Å²) in [6.07, 6.45) is 4.02. The molecule has 1 unspecified atom stereocenters. The van der Waals surface area contributed by atoms with Crippen LogP contribution in [0.4, 0.5) is 4.79 Å². The van der Waals surface area contributed by atoms with Crippen LogP contribution in [-0.2, 0) is 0 Å². The average molecular weight is 287 g/mol. The number of amides is 2. The zero-order valence-electron chi connectivity index (χ0n) is 12.5. The van der Waals surface area contributed by atoms with E-state index in [0.29, 0.717) is 6.54 Å². The van der Waals surface area contributed by atoms with Gasteiger partial charge in [0.1, 0.15) is 5.82 Å². The summed E-state index contributed by atoms with van der Waals surface area (Å²) in [6.45, 7) is 5.47. The lowest BCUT2D eigenvalue weighted by molar-refractivity contribution is 0.176. The van der Waals surface area contributed by atoms with Crippen LogP contribution in [0.25, 0.3) is 5.65 Å². The summed E-state index contributed by atoms with van der Waals surface area (Å²) in [5, 5.41) is 11.5. The van der Waals surface area contributed by atoms with Crippen LogP contribution in [0.15, 0.2) is 24.4 Å². The van der Waals surface area contributed by atoms with Gasteiger partial charge in [-0.1, -0.05) is 6.07 Å². The maximum atomic E-state index is 12.2. The van der Waals surface area contributed by atoms with E-state index in [2.05, 4.69) is 15.5 Å². The van der Waals surface area contributed by atoms with Crippen molar-refractivity contribution in [3.63, 3.8) is 0 Å². The third kappa shape index (κ3) is 2.84. The molecular formula is C15H21N5O. The molecule has 1 N–H and O–H groups in total. The lowest BCUT2D eigenvalue weighted by Gasteiger charge is -2.32. The molecule has 3 rings (SSSR count). The van der Waals surface area contributed by atoms with Gasteiger partial charge in [-0.25, -0.2) is 4.79 Å². The van der Waals surface area contributed by atoms with E-state index >= 15 is 0 Å². The van der Waals surface area contributed by atoms with Gasteiger partial charge in [0, 0.05) is 31.2 Å². The van der Waals surface area contributed by atoms with Gasteiger partial charge in [-0.2, -0.15) is 0 Å². The van der Waals surface area contributed by atoms with Crippen molar-refractivity contribution in [3.05, 3.63) is 30.2 Å². The molecule has 0 aromatic carbocycles. The van der Waals surface area contributed by atoms with Crippen molar-refractivity contribution in [2.45, 2.75) is 38.6 Å². The third-order valence-corrected chi connectivity index (χ3v) is 3.83. The van der Waals surface area contributed by atoms with E-state index in [1.165, 1.54) is 0 Å². The van der Waals surface area contributed by atoms with Crippen molar-refractivity contribution in [1.29, 1.82) is 0 Å². The predicted molar refractivity (Wildman–Crippen MR) is 80.2 cm³/mol. The number of hydrogen-bond donors (Lipinski definition) is 1. The van der Waals surface area contributed by atoms with Crippen LogP contribution < -0.4 is 5.32 Å². The Balaban J connectivity index is 1.78. The molecular weight excluding hydrogens is 266 g/mol. The highest BCUT2D eigenvalue weighted by atomic mass is 16.2. The largest absolute Gasteiger partial charge is 0.336 e. The zero-order chi connectivity index (χ0) is 14.8. The van der Waals surface area contributed by atoms with Gasteiger partial charge in [-0.05, 0) is 38.8 Å². The van der Waals surface area contributed by atoms with E-state index in [-0.39, 0.29) is 18.0 Å². The minimum Gasteiger partial charge on any atom is -0.336 e. The second-order valence-electron chi connectivity index (χ2n) is 5.88. The van der Waals surface area contributed by atoms with Crippen LogP contribution in [0.1, 0.15) is 38.4 Å². The van der Waals surface area contributed by atoms with Gasteiger partial charge in [0.25, 0.3) is 0 Å². The van der Waals surface area contributed by atoms with Gasteiger partial charge < -0.3 is 10.2 Å². The Morgan fingerprint density at radius 3 is 3.05 bits per heavy atom. The topological polar surface area (TPSA) is 62.5 Å². The van der Waals surface area contributed by atoms with Crippen LogP contribution in [-0.4, -0.2) is 44.7 Å². The number of nitrogens with zero attached hydrogens (tertiary/aromatic N) is 4. The SMILES string of the molecule is CC(C)NC(=O)N1CCCC(c2nnc3ccccn23)C1. The quantitative estimate of drug-likeness (QED) is 0.919. The van der Waals surface area contributed by atoms with E-state index in [4.69, 9.17) is 0 Å². The summed E-state index contributed by atoms with van der Waals surface area (Å²) in [6, 6.07) is 6.06. The van der Waals surface area contributed by atoms with Gasteiger partial charge in [0.15, 0.2) is 5.65 Å². The first kappa shape index (κ1) is 13.9. The Kier molecular flexibility index (Phi) is 3.77. The van der Waals surface area contributed by atoms with Crippen LogP contribution in [0.5, 0.6) is 0 Å². The number of fused-ring (bicyclic) bond motifs is 1. The van der Waals surface area contributed by atoms with Crippen molar-refractivity contribution in [2.75, 3.05) is 13.1 Å². The highest BCUT2D eigenvalue weighted by Crippen LogP contribution is 2.26. The van der Waals surface area contributed by atoms with Gasteiger partial charge in [0.05, 0.1) is 0 Å². The van der Waals surface area contributed by atoms with E-state index in [1.807, 2.05) is 47.5 Å². The van der Waals surface area contributed by atoms with Crippen molar-refractivity contribution in [2.24, 2.45) is 0 Å². The van der Waals surface area contributed by atoms with Crippen LogP contribution >= 0.6 is 0 Å². The highest BCUT2D eigenvalue weighted by molar-refractivity contribution is 5.74. The molecule has 1 aliphatic rings. The molecule has 6 heteroatoms. The smallest absolute Gasteiger partial charge is 0.317 e. The molecule has 112 valence electrons. The lowest BCUT2D eigenvalue weighted by atomic mass is 9.97. The van der Waals surface area contributed by atoms with Gasteiger partial charge in [-0.3, -0.25) is 4.40 Å². The van der Waals surface area contributed by atoms with Crippen molar-refractivity contribution >= 4 is 11.7 Å². The van der Waals surface area contributed by atoms with E-state index in [1.54, 1.807) is 0 Å². The van der Waals surface area contributed by atoms with Crippen molar-refractivity contribution < 1.29 is 4.79 Å². The Labute approximate surface area is 124 Å². The highest BCUT2D eigenvalue weighted by Gasteiger charge is 2.27. The number of aromatic nitrogens is 3. The first-order valence-electron chi connectivity index (χ1n) is 7.50. The number of hydrogen-bond acceptors (Lipinski definition) is 3. The first-order chi connectivity index (χ1) is 10.1. The number of pyridine rings is 1. The molecule has 3 heterocycles. The van der Waals surface area contributed by atoms with Crippen molar-refractivity contribution in [3.8, 4) is 0 Å². The van der Waals surface area contributed by atoms with Crippen LogP contribution in [0, 0.1) is 0 Å². The standard InChI is InChI=1S/C15H21N5O/c1-11(2)16-15(21)19-8-5-6-12(10-19)14-18-17-13-7-3-4-9-20(13)14/h3-4,7,9,11-12H,5-6,8,10H2,1-2H3,(H,16,21). The van der Waals surface area contributed by atoms with Gasteiger partial charge in [0.2, 0.25) is 0 Å². The minimum atomic E-state index is 0.0171. The Morgan fingerprint density at radius 1 is 1.38 bits per heavy atom. The summed E-state index contributed by atoms with van der Waals surface area (Å²) in [5.41, 5.74) is 0.858. The normalized spacial score (nSPS) is 19.2. The molecule has 0 saturated carbocycles. The van der Waals surface area contributed by atoms with E-state index < -0.39 is 0 Å². The summed E-state index contributed by atoms with van der Waals surface area (Å²) in [5.74, 6) is 1.20. The number of likely N-dealkylation sites (tertiary alicyclic amines) is 1. The zero-order valence-corrected chi connectivity index (χ0v) is 12.5. The van der Waals surface area contributed by atoms with E-state index in [0.717, 1.165) is 30.9 Å². The molecule has 2 aromatic heterocycles. The molecule has 6 nitrogen and oxygen atoms in total. The molecule has 1 atom stereocenters. The van der Waals surface area contributed by atoms with Gasteiger partial charge >= 0.3 is 6.03 Å². The fourth-order valence-corrected chi connectivity index (χ4v) is 2.85. The number of carbonyl (C=O) groups is 1. The fraction of sp³-hybridized carbons (Fsp3) is 0.533. The predicted octanol–water partition coefficient (Wildman–Crippen LogP) is 2.03. The Hall–Kier alpha value is -2.11. The number of urea groups is 1. The molecule has 1 saturated heterocycles. The molecule has 0 bridgehead atoms. The fourth-order valence-electron chi connectivity index (χ4n) is 2.85. The molecule has 0 spiro atoms. The monoisotopic (exact) mass is 287 g/mol. The molecule has 1 aliphatic heterocycles. The maximum Gasteiger partial charge on any atom is 0.317 e. The maximum absolute atomic E-state index is 12.2. The number of rotatable bonds is 2. The number of carbonyl (C=O) groups excluding carboxylic acids is 1. The second kappa shape index (κ2) is 5.71. The molecule has 2 amide bonds. The average Bonchev–Trinajstić information content (AvgIpc) is 2.90. The van der Waals surface area contributed by atoms with Crippen LogP contribution in [0.3, 0.4) is 0 Å². The van der Waals surface area contributed by atoms with E-state index in [9.17, 15) is 4.79 Å². The van der Waals surface area contributed by atoms with Crippen LogP contribution in [0.2, 0.25) is 0 Å². The molecule has 1 fully saturated rings. The summed E-state index contributed by atoms with van der Waals surface area (Å²) in [4.78, 5) is 14.0. The second-order valence-corrected chi connectivity index (χ2v) is 5.88. The third-order valence-electron chi connectivity index (χ3n) is 3.83. The minimum absolute atomic E-state index is 0.0171. The molecule has 2 aromatic rings. The Bertz CT molecular complexity index is 636. The number of nitrogens with one attached hydrogen (secondary N) is 1. The summed E-state index contributed by atoms with van der Waals surface area (Å²) in [7, 11) is 0. The van der Waals surface area contributed by atoms with Crippen molar-refractivity contribution in [1.82, 2.24) is 24.8 Å². The summed E-state index contributed by atoms with van der Waals surface area (Å²) < 4.78 is 2.02. The number of piperidine rings is 1. The molecule has 0 radical (unpaired) electrons. The molecule has 21 heavy (non-hydrogen) atoms. The Morgan fingerprint density at radius 2 is 2.24 bits per heavy atom.